The predicted molar refractivity (Wildman–Crippen MR) is 31.7 cm³/mol. The molecule has 0 aliphatic carbocycles. The van der Waals surface area contributed by atoms with Gasteiger partial charge in [0.1, 0.15) is 0 Å². The van der Waals surface area contributed by atoms with Crippen LogP contribution in [0.15, 0.2) is 14.0 Å². The van der Waals surface area contributed by atoms with Gasteiger partial charge in [0.05, 0.1) is 0 Å². The second-order valence-electron chi connectivity index (χ2n) is 1.35. The summed E-state index contributed by atoms with van der Waals surface area (Å²) in [7, 11) is 0. The van der Waals surface area contributed by atoms with Gasteiger partial charge in [0, 0.05) is 18.3 Å². The Balaban J connectivity index is 3.52. The molecule has 0 unspecified atom stereocenters. The van der Waals surface area contributed by atoms with Crippen molar-refractivity contribution in [2.45, 2.75) is 6.92 Å². The smallest absolute Gasteiger partial charge is 0.401 e. The van der Waals surface area contributed by atoms with Crippen LogP contribution in [0.5, 0.6) is 0 Å². The van der Waals surface area contributed by atoms with Crippen LogP contribution in [0.2, 0.25) is 0 Å². The SMILES string of the molecule is Cc1nc(=O)sc(=O)o1. The molecule has 48 valence electrons. The van der Waals surface area contributed by atoms with E-state index in [0.717, 1.165) is 0 Å². The van der Waals surface area contributed by atoms with E-state index in [-0.39, 0.29) is 5.89 Å². The van der Waals surface area contributed by atoms with E-state index in [1.165, 1.54) is 6.92 Å². The van der Waals surface area contributed by atoms with Crippen molar-refractivity contribution in [3.05, 3.63) is 25.3 Å². The molecule has 0 aliphatic heterocycles. The topological polar surface area (TPSA) is 60.2 Å². The number of aryl methyl sites for hydroxylation is 1. The fraction of sp³-hybridized carbons (Fsp3) is 0.250. The third kappa shape index (κ3) is 1.46. The number of hydrogen-bond acceptors (Lipinski definition) is 5. The normalized spacial score (nSPS) is 9.44. The number of aromatic nitrogens is 1. The van der Waals surface area contributed by atoms with Crippen LogP contribution in [0.1, 0.15) is 5.89 Å². The largest absolute Gasteiger partial charge is 0.401 e. The van der Waals surface area contributed by atoms with Crippen molar-refractivity contribution in [2.75, 3.05) is 0 Å². The van der Waals surface area contributed by atoms with Crippen LogP contribution in [0, 0.1) is 6.92 Å². The van der Waals surface area contributed by atoms with E-state index in [1.807, 2.05) is 0 Å². The molecular formula is C4H3NO3S. The maximum Gasteiger partial charge on any atom is 0.401 e. The van der Waals surface area contributed by atoms with Crippen molar-refractivity contribution in [2.24, 2.45) is 0 Å². The maximum absolute atomic E-state index is 10.4. The number of nitrogens with zero attached hydrogens (tertiary/aromatic N) is 1. The highest BCUT2D eigenvalue weighted by atomic mass is 32.1. The molecule has 1 rings (SSSR count). The molecule has 0 N–H and O–H groups in total. The molecule has 0 atom stereocenters. The third-order valence-electron chi connectivity index (χ3n) is 0.650. The molecule has 0 amide bonds. The molecule has 0 saturated carbocycles. The van der Waals surface area contributed by atoms with Crippen LogP contribution in [-0.4, -0.2) is 4.98 Å². The second kappa shape index (κ2) is 2.10. The van der Waals surface area contributed by atoms with E-state index < -0.39 is 9.81 Å². The number of hydrogen-bond donors (Lipinski definition) is 0. The first kappa shape index (κ1) is 6.15. The maximum atomic E-state index is 10.4. The first-order valence-corrected chi connectivity index (χ1v) is 2.99. The van der Waals surface area contributed by atoms with Gasteiger partial charge in [-0.05, 0) is 0 Å². The molecule has 0 radical (unpaired) electrons. The summed E-state index contributed by atoms with van der Waals surface area (Å²) in [5.41, 5.74) is 0. The van der Waals surface area contributed by atoms with Gasteiger partial charge in [-0.15, -0.1) is 0 Å². The summed E-state index contributed by atoms with van der Waals surface area (Å²) in [5, 5.41) is 0. The number of rotatable bonds is 0. The summed E-state index contributed by atoms with van der Waals surface area (Å²) in [6.45, 7) is 1.45. The minimum absolute atomic E-state index is 0.115. The van der Waals surface area contributed by atoms with Gasteiger partial charge in [0.2, 0.25) is 5.89 Å². The molecule has 0 aromatic carbocycles. The van der Waals surface area contributed by atoms with E-state index in [1.54, 1.807) is 0 Å². The molecule has 1 aromatic rings. The Morgan fingerprint density at radius 2 is 2.22 bits per heavy atom. The van der Waals surface area contributed by atoms with Gasteiger partial charge in [-0.2, -0.15) is 4.98 Å². The standard InChI is InChI=1S/C4H3NO3S/c1-2-5-3(6)9-4(7)8-2/h1H3. The first-order chi connectivity index (χ1) is 4.18. The Morgan fingerprint density at radius 3 is 2.67 bits per heavy atom. The zero-order chi connectivity index (χ0) is 6.85. The van der Waals surface area contributed by atoms with E-state index in [9.17, 15) is 9.59 Å². The van der Waals surface area contributed by atoms with Crippen LogP contribution in [0.3, 0.4) is 0 Å². The van der Waals surface area contributed by atoms with Gasteiger partial charge in [-0.25, -0.2) is 4.79 Å². The van der Waals surface area contributed by atoms with Crippen LogP contribution in [0.25, 0.3) is 0 Å². The Kier molecular flexibility index (Phi) is 1.44. The fourth-order valence-electron chi connectivity index (χ4n) is 0.387. The monoisotopic (exact) mass is 145 g/mol. The van der Waals surface area contributed by atoms with Gasteiger partial charge in [0.25, 0.3) is 0 Å². The van der Waals surface area contributed by atoms with Crippen molar-refractivity contribution < 1.29 is 4.42 Å². The van der Waals surface area contributed by atoms with Crippen molar-refractivity contribution in [3.8, 4) is 0 Å². The zero-order valence-corrected chi connectivity index (χ0v) is 5.40. The van der Waals surface area contributed by atoms with E-state index in [0.29, 0.717) is 11.3 Å². The summed E-state index contributed by atoms with van der Waals surface area (Å²) in [5.74, 6) is 0.115. The second-order valence-corrected chi connectivity index (χ2v) is 2.24. The lowest BCUT2D eigenvalue weighted by Gasteiger charge is -1.80. The molecule has 0 fully saturated rings. The predicted octanol–water partition coefficient (Wildman–Crippen LogP) is -0.235. The molecular weight excluding hydrogens is 142 g/mol. The lowest BCUT2D eigenvalue weighted by molar-refractivity contribution is 0.472. The Morgan fingerprint density at radius 1 is 1.56 bits per heavy atom. The van der Waals surface area contributed by atoms with Gasteiger partial charge in [0.15, 0.2) is 0 Å². The van der Waals surface area contributed by atoms with Crippen LogP contribution >= 0.6 is 11.3 Å². The molecule has 1 heterocycles. The van der Waals surface area contributed by atoms with E-state index in [2.05, 4.69) is 9.40 Å². The van der Waals surface area contributed by atoms with Crippen molar-refractivity contribution in [1.82, 2.24) is 4.98 Å². The van der Waals surface area contributed by atoms with Crippen molar-refractivity contribution in [1.29, 1.82) is 0 Å². The van der Waals surface area contributed by atoms with Crippen LogP contribution in [0.4, 0.5) is 0 Å². The minimum Gasteiger partial charge on any atom is -0.401 e. The highest BCUT2D eigenvalue weighted by Crippen LogP contribution is 1.79. The molecule has 0 aliphatic rings. The zero-order valence-electron chi connectivity index (χ0n) is 4.58. The average molecular weight is 145 g/mol. The lowest BCUT2D eigenvalue weighted by atomic mass is 10.8. The fourth-order valence-corrected chi connectivity index (χ4v) is 0.866. The van der Waals surface area contributed by atoms with Crippen molar-refractivity contribution in [3.63, 3.8) is 0 Å². The van der Waals surface area contributed by atoms with E-state index in [4.69, 9.17) is 0 Å². The Bertz CT molecular complexity index is 284. The summed E-state index contributed by atoms with van der Waals surface area (Å²) in [6, 6.07) is 0. The highest BCUT2D eigenvalue weighted by molar-refractivity contribution is 7.06. The Labute approximate surface area is 53.8 Å². The van der Waals surface area contributed by atoms with Crippen molar-refractivity contribution >= 4 is 11.3 Å². The molecule has 1 aromatic heterocycles. The molecule has 0 spiro atoms. The summed E-state index contributed by atoms with van der Waals surface area (Å²) in [6.07, 6.45) is 0. The summed E-state index contributed by atoms with van der Waals surface area (Å²) >= 11 is 0.457. The molecule has 4 nitrogen and oxygen atoms in total. The van der Waals surface area contributed by atoms with Gasteiger partial charge in [-0.1, -0.05) is 0 Å². The molecule has 0 bridgehead atoms. The van der Waals surface area contributed by atoms with E-state index >= 15 is 0 Å². The quantitative estimate of drug-likeness (QED) is 0.505. The highest BCUT2D eigenvalue weighted by Gasteiger charge is 1.92. The molecule has 0 saturated heterocycles. The lowest BCUT2D eigenvalue weighted by Crippen LogP contribution is -2.08. The third-order valence-corrected chi connectivity index (χ3v) is 1.17. The average Bonchev–Trinajstić information content (AvgIpc) is 1.59. The van der Waals surface area contributed by atoms with Crippen LogP contribution < -0.4 is 9.81 Å². The Hall–Kier alpha value is -0.970. The van der Waals surface area contributed by atoms with Gasteiger partial charge in [-0.3, -0.25) is 4.79 Å². The van der Waals surface area contributed by atoms with Crippen LogP contribution in [-0.2, 0) is 0 Å². The summed E-state index contributed by atoms with van der Waals surface area (Å²) < 4.78 is 4.41. The molecule has 9 heavy (non-hydrogen) atoms. The van der Waals surface area contributed by atoms with Gasteiger partial charge < -0.3 is 4.42 Å². The first-order valence-electron chi connectivity index (χ1n) is 2.17. The van der Waals surface area contributed by atoms with Gasteiger partial charge >= 0.3 is 9.81 Å². The minimum atomic E-state index is -0.604. The molecule has 5 heteroatoms. The summed E-state index contributed by atoms with van der Waals surface area (Å²) in [4.78, 5) is 22.9.